The highest BCUT2D eigenvalue weighted by Gasteiger charge is 2.28. The lowest BCUT2D eigenvalue weighted by atomic mass is 10.1. The topological polar surface area (TPSA) is 75.4 Å². The summed E-state index contributed by atoms with van der Waals surface area (Å²) in [5, 5.41) is 9.17. The number of aromatic nitrogens is 2. The number of halogens is 1. The summed E-state index contributed by atoms with van der Waals surface area (Å²) in [6.45, 7) is 2.24. The summed E-state index contributed by atoms with van der Waals surface area (Å²) in [4.78, 5) is 30.4. The van der Waals surface area contributed by atoms with Gasteiger partial charge < -0.3 is 10.0 Å². The van der Waals surface area contributed by atoms with Crippen molar-refractivity contribution in [2.24, 2.45) is 7.05 Å². The molecule has 120 valence electrons. The third kappa shape index (κ3) is 2.69. The lowest BCUT2D eigenvalue weighted by Crippen LogP contribution is -2.28. The van der Waals surface area contributed by atoms with Crippen LogP contribution in [0.5, 0.6) is 5.75 Å². The van der Waals surface area contributed by atoms with Gasteiger partial charge >= 0.3 is 0 Å². The number of amides is 1. The normalized spacial score (nSPS) is 13.3. The van der Waals surface area contributed by atoms with Gasteiger partial charge in [0.1, 0.15) is 5.82 Å². The monoisotopic (exact) mass is 317 g/mol. The Hall–Kier alpha value is -2.70. The number of hydrogen-bond acceptors (Lipinski definition) is 4. The van der Waals surface area contributed by atoms with Gasteiger partial charge in [-0.3, -0.25) is 14.2 Å². The molecule has 23 heavy (non-hydrogen) atoms. The Morgan fingerprint density at radius 2 is 2.13 bits per heavy atom. The molecule has 1 aromatic heterocycles. The summed E-state index contributed by atoms with van der Waals surface area (Å²) in [6.07, 6.45) is 0.00445. The predicted molar refractivity (Wildman–Crippen MR) is 80.2 cm³/mol. The van der Waals surface area contributed by atoms with E-state index in [0.717, 1.165) is 6.07 Å². The van der Waals surface area contributed by atoms with Crippen LogP contribution >= 0.6 is 0 Å². The second-order valence-corrected chi connectivity index (χ2v) is 5.66. The van der Waals surface area contributed by atoms with Crippen molar-refractivity contribution in [1.29, 1.82) is 0 Å². The molecule has 1 aliphatic heterocycles. The Balaban J connectivity index is 1.79. The highest BCUT2D eigenvalue weighted by molar-refractivity contribution is 5.79. The molecule has 0 aliphatic carbocycles. The molecule has 1 N–H and O–H groups in total. The molecule has 0 spiro atoms. The predicted octanol–water partition coefficient (Wildman–Crippen LogP) is 1.02. The molecule has 0 saturated heterocycles. The van der Waals surface area contributed by atoms with Crippen molar-refractivity contribution >= 4 is 5.91 Å². The average molecular weight is 317 g/mol. The molecule has 0 atom stereocenters. The number of aryl methyl sites for hydroxylation is 1. The molecule has 1 amide bonds. The van der Waals surface area contributed by atoms with Gasteiger partial charge in [-0.1, -0.05) is 6.07 Å². The highest BCUT2D eigenvalue weighted by Crippen LogP contribution is 2.21. The van der Waals surface area contributed by atoms with Gasteiger partial charge in [0, 0.05) is 7.05 Å². The number of nitrogens with zero attached hydrogens (tertiary/aromatic N) is 3. The van der Waals surface area contributed by atoms with Gasteiger partial charge in [-0.2, -0.15) is 0 Å². The smallest absolute Gasteiger partial charge is 0.258 e. The second-order valence-electron chi connectivity index (χ2n) is 5.66. The van der Waals surface area contributed by atoms with Crippen molar-refractivity contribution in [2.45, 2.75) is 26.4 Å². The van der Waals surface area contributed by atoms with Gasteiger partial charge in [-0.15, -0.1) is 0 Å². The largest absolute Gasteiger partial charge is 0.505 e. The Labute approximate surface area is 131 Å². The molecular formula is C16H16FN3O3. The molecular weight excluding hydrogens is 301 g/mol. The van der Waals surface area contributed by atoms with Crippen LogP contribution < -0.4 is 5.56 Å². The van der Waals surface area contributed by atoms with Crippen LogP contribution in [0.1, 0.15) is 22.6 Å². The molecule has 1 aromatic carbocycles. The number of carbonyl (C=O) groups is 1. The molecule has 7 heteroatoms. The summed E-state index contributed by atoms with van der Waals surface area (Å²) < 4.78 is 14.8. The maximum absolute atomic E-state index is 13.3. The summed E-state index contributed by atoms with van der Waals surface area (Å²) in [7, 11) is 1.65. The molecule has 6 nitrogen and oxygen atoms in total. The minimum atomic E-state index is -0.758. The van der Waals surface area contributed by atoms with Gasteiger partial charge in [-0.25, -0.2) is 9.37 Å². The van der Waals surface area contributed by atoms with Crippen LogP contribution in [-0.4, -0.2) is 25.5 Å². The molecule has 3 rings (SSSR count). The Morgan fingerprint density at radius 3 is 2.83 bits per heavy atom. The molecule has 0 saturated carbocycles. The number of fused-ring (bicyclic) bond motifs is 1. The fourth-order valence-corrected chi connectivity index (χ4v) is 2.65. The lowest BCUT2D eigenvalue weighted by molar-refractivity contribution is -0.131. The van der Waals surface area contributed by atoms with E-state index in [1.165, 1.54) is 21.6 Å². The minimum absolute atomic E-state index is 0.00445. The third-order valence-corrected chi connectivity index (χ3v) is 4.10. The first-order valence-corrected chi connectivity index (χ1v) is 7.17. The van der Waals surface area contributed by atoms with Gasteiger partial charge in [0.05, 0.1) is 30.8 Å². The molecule has 0 unspecified atom stereocenters. The van der Waals surface area contributed by atoms with Gasteiger partial charge in [0.2, 0.25) is 5.91 Å². The number of phenolic OH excluding ortho intramolecular Hbond substituents is 1. The zero-order valence-electron chi connectivity index (χ0n) is 12.8. The molecule has 0 radical (unpaired) electrons. The molecule has 0 bridgehead atoms. The fraction of sp³-hybridized carbons (Fsp3) is 0.312. The van der Waals surface area contributed by atoms with Crippen LogP contribution in [-0.2, 0) is 31.4 Å². The van der Waals surface area contributed by atoms with E-state index in [-0.39, 0.29) is 31.0 Å². The molecule has 0 fully saturated rings. The molecule has 2 aromatic rings. The van der Waals surface area contributed by atoms with Crippen LogP contribution in [0.4, 0.5) is 4.39 Å². The first-order chi connectivity index (χ1) is 10.9. The summed E-state index contributed by atoms with van der Waals surface area (Å²) in [5.41, 5.74) is 1.48. The SMILES string of the molecule is Cc1nc2c(c(=O)n1C)CN(C(=O)Cc1ccc(O)c(F)c1)C2. The highest BCUT2D eigenvalue weighted by atomic mass is 19.1. The fourth-order valence-electron chi connectivity index (χ4n) is 2.65. The van der Waals surface area contributed by atoms with E-state index in [2.05, 4.69) is 4.98 Å². The molecule has 2 heterocycles. The Bertz CT molecular complexity index is 860. The number of rotatable bonds is 2. The maximum atomic E-state index is 13.3. The number of benzene rings is 1. The average Bonchev–Trinajstić information content (AvgIpc) is 2.93. The van der Waals surface area contributed by atoms with E-state index in [0.29, 0.717) is 22.6 Å². The summed E-state index contributed by atoms with van der Waals surface area (Å²) >= 11 is 0. The van der Waals surface area contributed by atoms with Crippen molar-refractivity contribution < 1.29 is 14.3 Å². The van der Waals surface area contributed by atoms with Crippen molar-refractivity contribution in [3.8, 4) is 5.75 Å². The first-order valence-electron chi connectivity index (χ1n) is 7.17. The number of phenols is 1. The first kappa shape index (κ1) is 15.2. The Morgan fingerprint density at radius 1 is 1.39 bits per heavy atom. The van der Waals surface area contributed by atoms with Crippen molar-refractivity contribution in [1.82, 2.24) is 14.5 Å². The van der Waals surface area contributed by atoms with Crippen LogP contribution in [0, 0.1) is 12.7 Å². The standard InChI is InChI=1S/C16H16FN3O3/c1-9-18-13-8-20(7-11(13)16(23)19(9)2)15(22)6-10-3-4-14(21)12(17)5-10/h3-5,21H,6-8H2,1-2H3. The van der Waals surface area contributed by atoms with E-state index in [1.54, 1.807) is 14.0 Å². The second kappa shape index (κ2) is 5.49. The lowest BCUT2D eigenvalue weighted by Gasteiger charge is -2.15. The van der Waals surface area contributed by atoms with E-state index in [1.807, 2.05) is 0 Å². The Kier molecular flexibility index (Phi) is 3.63. The number of aromatic hydroxyl groups is 1. The van der Waals surface area contributed by atoms with Crippen LogP contribution in [0.15, 0.2) is 23.0 Å². The van der Waals surface area contributed by atoms with E-state index < -0.39 is 11.6 Å². The van der Waals surface area contributed by atoms with Gasteiger partial charge in [-0.05, 0) is 24.6 Å². The number of hydrogen-bond donors (Lipinski definition) is 1. The van der Waals surface area contributed by atoms with Gasteiger partial charge in [0.15, 0.2) is 11.6 Å². The maximum Gasteiger partial charge on any atom is 0.258 e. The van der Waals surface area contributed by atoms with Crippen molar-refractivity contribution in [3.05, 3.63) is 57.0 Å². The zero-order valence-corrected chi connectivity index (χ0v) is 12.8. The zero-order chi connectivity index (χ0) is 16.7. The quantitative estimate of drug-likeness (QED) is 0.897. The third-order valence-electron chi connectivity index (χ3n) is 4.10. The van der Waals surface area contributed by atoms with Crippen LogP contribution in [0.3, 0.4) is 0 Å². The van der Waals surface area contributed by atoms with E-state index >= 15 is 0 Å². The summed E-state index contributed by atoms with van der Waals surface area (Å²) in [6, 6.07) is 3.86. The van der Waals surface area contributed by atoms with Crippen LogP contribution in [0.2, 0.25) is 0 Å². The number of carbonyl (C=O) groups excluding carboxylic acids is 1. The van der Waals surface area contributed by atoms with E-state index in [4.69, 9.17) is 0 Å². The minimum Gasteiger partial charge on any atom is -0.505 e. The van der Waals surface area contributed by atoms with Gasteiger partial charge in [0.25, 0.3) is 5.56 Å². The summed E-state index contributed by atoms with van der Waals surface area (Å²) in [5.74, 6) is -0.819. The molecule has 1 aliphatic rings. The van der Waals surface area contributed by atoms with E-state index in [9.17, 15) is 19.1 Å². The van der Waals surface area contributed by atoms with Crippen molar-refractivity contribution in [2.75, 3.05) is 0 Å². The van der Waals surface area contributed by atoms with Crippen molar-refractivity contribution in [3.63, 3.8) is 0 Å². The van der Waals surface area contributed by atoms with Crippen LogP contribution in [0.25, 0.3) is 0 Å².